The Morgan fingerprint density at radius 2 is 1.77 bits per heavy atom. The minimum atomic E-state index is -0.214. The fourth-order valence-electron chi connectivity index (χ4n) is 2.95. The van der Waals surface area contributed by atoms with E-state index < -0.39 is 0 Å². The molecular weight excluding hydrogens is 326 g/mol. The van der Waals surface area contributed by atoms with Crippen LogP contribution in [0.2, 0.25) is 0 Å². The third kappa shape index (κ3) is 3.77. The highest BCUT2D eigenvalue weighted by Crippen LogP contribution is 2.31. The molecule has 5 heteroatoms. The first-order valence-electron chi connectivity index (χ1n) is 8.60. The van der Waals surface area contributed by atoms with Crippen LogP contribution in [0.15, 0.2) is 48.5 Å². The molecule has 0 radical (unpaired) electrons. The molecule has 26 heavy (non-hydrogen) atoms. The average molecular weight is 349 g/mol. The van der Waals surface area contributed by atoms with E-state index >= 15 is 0 Å². The van der Waals surface area contributed by atoms with Gasteiger partial charge in [0.1, 0.15) is 11.8 Å². The Kier molecular flexibility index (Phi) is 5.07. The Labute approximate surface area is 153 Å². The van der Waals surface area contributed by atoms with Gasteiger partial charge >= 0.3 is 0 Å². The number of rotatable bonds is 5. The molecular formula is C21H23N3O2. The number of ether oxygens (including phenoxy) is 1. The van der Waals surface area contributed by atoms with Crippen molar-refractivity contribution in [2.45, 2.75) is 26.9 Å². The van der Waals surface area contributed by atoms with Crippen LogP contribution in [0.4, 0.5) is 0 Å². The molecule has 0 saturated heterocycles. The van der Waals surface area contributed by atoms with Gasteiger partial charge in [-0.1, -0.05) is 30.3 Å². The summed E-state index contributed by atoms with van der Waals surface area (Å²) in [7, 11) is 1.61. The predicted molar refractivity (Wildman–Crippen MR) is 102 cm³/mol. The Balaban J connectivity index is 1.98. The number of nitrogens with zero attached hydrogens (tertiary/aromatic N) is 1. The van der Waals surface area contributed by atoms with E-state index in [-0.39, 0.29) is 12.0 Å². The second-order valence-electron chi connectivity index (χ2n) is 6.31. The third-order valence-electron chi connectivity index (χ3n) is 4.20. The lowest BCUT2D eigenvalue weighted by Gasteiger charge is -2.14. The molecule has 3 aromatic rings. The second kappa shape index (κ2) is 7.44. The summed E-state index contributed by atoms with van der Waals surface area (Å²) in [4.78, 5) is 19.9. The monoisotopic (exact) mass is 349 g/mol. The number of aryl methyl sites for hydroxylation is 2. The van der Waals surface area contributed by atoms with Crippen LogP contribution in [0.25, 0.3) is 11.3 Å². The first kappa shape index (κ1) is 17.7. The van der Waals surface area contributed by atoms with Crippen LogP contribution >= 0.6 is 0 Å². The van der Waals surface area contributed by atoms with Gasteiger partial charge in [-0.05, 0) is 38.5 Å². The normalized spacial score (nSPS) is 11.8. The average Bonchev–Trinajstić information content (AvgIpc) is 3.05. The molecule has 2 N–H and O–H groups in total. The van der Waals surface area contributed by atoms with Crippen molar-refractivity contribution in [3.8, 4) is 17.0 Å². The van der Waals surface area contributed by atoms with Crippen LogP contribution in [0.3, 0.4) is 0 Å². The topological polar surface area (TPSA) is 67.0 Å². The van der Waals surface area contributed by atoms with Gasteiger partial charge in [0.2, 0.25) is 0 Å². The maximum atomic E-state index is 12.3. The zero-order chi connectivity index (χ0) is 18.7. The molecule has 134 valence electrons. The SMILES string of the molecule is CNC(=O)c1[nH]c(-c2cc(C)nc(C)c2)cc1O[C@H](C)c1ccccc1. The predicted octanol–water partition coefficient (Wildman–Crippen LogP) is 4.19. The summed E-state index contributed by atoms with van der Waals surface area (Å²) in [6, 6.07) is 15.8. The van der Waals surface area contributed by atoms with E-state index in [1.165, 1.54) is 0 Å². The van der Waals surface area contributed by atoms with Crippen molar-refractivity contribution in [2.75, 3.05) is 7.05 Å². The molecule has 0 bridgehead atoms. The number of hydrogen-bond donors (Lipinski definition) is 2. The maximum Gasteiger partial charge on any atom is 0.271 e. The molecule has 0 fully saturated rings. The zero-order valence-corrected chi connectivity index (χ0v) is 15.5. The standard InChI is InChI=1S/C21H23N3O2/c1-13-10-17(11-14(2)23-13)18-12-19(20(24-18)21(25)22-4)26-15(3)16-8-6-5-7-9-16/h5-12,15,24H,1-4H3,(H,22,25)/t15-/m1/s1. The van der Waals surface area contributed by atoms with Crippen LogP contribution in [-0.4, -0.2) is 22.9 Å². The van der Waals surface area contributed by atoms with E-state index in [1.807, 2.05) is 69.3 Å². The minimum Gasteiger partial charge on any atom is -0.484 e. The van der Waals surface area contributed by atoms with E-state index in [9.17, 15) is 4.79 Å². The maximum absolute atomic E-state index is 12.3. The Morgan fingerprint density at radius 3 is 2.38 bits per heavy atom. The number of benzene rings is 1. The van der Waals surface area contributed by atoms with Crippen molar-refractivity contribution in [3.63, 3.8) is 0 Å². The lowest BCUT2D eigenvalue weighted by atomic mass is 10.1. The zero-order valence-electron chi connectivity index (χ0n) is 15.5. The van der Waals surface area contributed by atoms with Crippen molar-refractivity contribution in [1.82, 2.24) is 15.3 Å². The largest absolute Gasteiger partial charge is 0.484 e. The lowest BCUT2D eigenvalue weighted by molar-refractivity contribution is 0.0952. The summed E-state index contributed by atoms with van der Waals surface area (Å²) in [6.07, 6.45) is -0.177. The Morgan fingerprint density at radius 1 is 1.12 bits per heavy atom. The number of nitrogens with one attached hydrogen (secondary N) is 2. The van der Waals surface area contributed by atoms with Crippen LogP contribution in [0.1, 0.15) is 40.5 Å². The van der Waals surface area contributed by atoms with Crippen LogP contribution in [-0.2, 0) is 0 Å². The molecule has 5 nitrogen and oxygen atoms in total. The van der Waals surface area contributed by atoms with Crippen molar-refractivity contribution in [3.05, 3.63) is 71.2 Å². The summed E-state index contributed by atoms with van der Waals surface area (Å²) < 4.78 is 6.11. The van der Waals surface area contributed by atoms with Gasteiger partial charge in [-0.2, -0.15) is 0 Å². The van der Waals surface area contributed by atoms with E-state index in [0.717, 1.165) is 28.2 Å². The van der Waals surface area contributed by atoms with Crippen molar-refractivity contribution in [1.29, 1.82) is 0 Å². The lowest BCUT2D eigenvalue weighted by Crippen LogP contribution is -2.19. The van der Waals surface area contributed by atoms with Crippen LogP contribution in [0.5, 0.6) is 5.75 Å². The third-order valence-corrected chi connectivity index (χ3v) is 4.20. The number of amides is 1. The van der Waals surface area contributed by atoms with Gasteiger partial charge in [-0.25, -0.2) is 0 Å². The molecule has 1 amide bonds. The van der Waals surface area contributed by atoms with E-state index in [0.29, 0.717) is 11.4 Å². The van der Waals surface area contributed by atoms with E-state index in [1.54, 1.807) is 7.05 Å². The fraction of sp³-hybridized carbons (Fsp3) is 0.238. The van der Waals surface area contributed by atoms with Gasteiger partial charge in [0, 0.05) is 35.8 Å². The molecule has 0 aliphatic carbocycles. The fourth-order valence-corrected chi connectivity index (χ4v) is 2.95. The minimum absolute atomic E-state index is 0.177. The Hall–Kier alpha value is -3.08. The summed E-state index contributed by atoms with van der Waals surface area (Å²) in [5.41, 5.74) is 5.12. The van der Waals surface area contributed by atoms with Gasteiger partial charge in [-0.3, -0.25) is 9.78 Å². The molecule has 0 saturated carbocycles. The number of aromatic nitrogens is 2. The summed E-state index contributed by atoms with van der Waals surface area (Å²) in [5.74, 6) is 0.317. The first-order valence-corrected chi connectivity index (χ1v) is 8.60. The van der Waals surface area contributed by atoms with Gasteiger partial charge in [0.15, 0.2) is 5.75 Å². The van der Waals surface area contributed by atoms with E-state index in [4.69, 9.17) is 4.74 Å². The summed E-state index contributed by atoms with van der Waals surface area (Å²) in [6.45, 7) is 5.87. The summed E-state index contributed by atoms with van der Waals surface area (Å²) in [5, 5.41) is 2.66. The number of carbonyl (C=O) groups is 1. The molecule has 1 atom stereocenters. The van der Waals surface area contributed by atoms with Crippen molar-refractivity contribution in [2.24, 2.45) is 0 Å². The molecule has 0 unspecified atom stereocenters. The second-order valence-corrected chi connectivity index (χ2v) is 6.31. The number of carbonyl (C=O) groups excluding carboxylic acids is 1. The van der Waals surface area contributed by atoms with E-state index in [2.05, 4.69) is 15.3 Å². The summed E-state index contributed by atoms with van der Waals surface area (Å²) >= 11 is 0. The Bertz CT molecular complexity index is 896. The van der Waals surface area contributed by atoms with Crippen molar-refractivity contribution >= 4 is 5.91 Å². The number of aromatic amines is 1. The first-order chi connectivity index (χ1) is 12.5. The van der Waals surface area contributed by atoms with Gasteiger partial charge in [-0.15, -0.1) is 0 Å². The number of H-pyrrole nitrogens is 1. The quantitative estimate of drug-likeness (QED) is 0.726. The van der Waals surface area contributed by atoms with Crippen LogP contribution < -0.4 is 10.1 Å². The molecule has 0 spiro atoms. The van der Waals surface area contributed by atoms with Gasteiger partial charge in [0.25, 0.3) is 5.91 Å². The van der Waals surface area contributed by atoms with Crippen molar-refractivity contribution < 1.29 is 9.53 Å². The smallest absolute Gasteiger partial charge is 0.271 e. The van der Waals surface area contributed by atoms with Gasteiger partial charge in [0.05, 0.1) is 0 Å². The number of pyridine rings is 1. The molecule has 3 rings (SSSR count). The molecule has 2 heterocycles. The highest BCUT2D eigenvalue weighted by atomic mass is 16.5. The highest BCUT2D eigenvalue weighted by molar-refractivity contribution is 5.96. The molecule has 0 aliphatic heterocycles. The van der Waals surface area contributed by atoms with Crippen LogP contribution in [0, 0.1) is 13.8 Å². The molecule has 2 aromatic heterocycles. The van der Waals surface area contributed by atoms with Gasteiger partial charge < -0.3 is 15.0 Å². The molecule has 1 aromatic carbocycles. The molecule has 0 aliphatic rings. The highest BCUT2D eigenvalue weighted by Gasteiger charge is 2.19. The number of hydrogen-bond acceptors (Lipinski definition) is 3.